The maximum absolute atomic E-state index is 11.7. The molecule has 1 aliphatic heterocycles. The van der Waals surface area contributed by atoms with E-state index in [0.29, 0.717) is 26.2 Å². The molecule has 1 saturated heterocycles. The van der Waals surface area contributed by atoms with Crippen molar-refractivity contribution in [2.45, 2.75) is 43.6 Å². The SMILES string of the molecule is COc1cccc(-c2cccc(C(CN3CCN(C(=O)O)CC3)C3(O)CCCCC3)c2)c1. The quantitative estimate of drug-likeness (QED) is 0.698. The molecule has 0 aromatic heterocycles. The summed E-state index contributed by atoms with van der Waals surface area (Å²) >= 11 is 0. The van der Waals surface area contributed by atoms with E-state index in [0.717, 1.165) is 54.7 Å². The second kappa shape index (κ2) is 9.92. The number of nitrogens with zero attached hydrogens (tertiary/aromatic N) is 2. The van der Waals surface area contributed by atoms with Crippen LogP contribution in [0.3, 0.4) is 0 Å². The number of rotatable bonds is 6. The molecule has 2 aromatic rings. The Morgan fingerprint density at radius 3 is 2.31 bits per heavy atom. The van der Waals surface area contributed by atoms with Crippen molar-refractivity contribution in [2.75, 3.05) is 39.8 Å². The number of carboxylic acid groups (broad SMARTS) is 1. The predicted molar refractivity (Wildman–Crippen MR) is 125 cm³/mol. The Labute approximate surface area is 190 Å². The van der Waals surface area contributed by atoms with Crippen molar-refractivity contribution in [3.63, 3.8) is 0 Å². The minimum Gasteiger partial charge on any atom is -0.497 e. The van der Waals surface area contributed by atoms with Gasteiger partial charge in [0, 0.05) is 38.6 Å². The van der Waals surface area contributed by atoms with Crippen LogP contribution in [0.15, 0.2) is 48.5 Å². The van der Waals surface area contributed by atoms with Crippen LogP contribution >= 0.6 is 0 Å². The van der Waals surface area contributed by atoms with E-state index >= 15 is 0 Å². The second-order valence-corrected chi connectivity index (χ2v) is 9.14. The van der Waals surface area contributed by atoms with Gasteiger partial charge in [-0.05, 0) is 41.7 Å². The zero-order valence-corrected chi connectivity index (χ0v) is 18.9. The van der Waals surface area contributed by atoms with Gasteiger partial charge in [0.2, 0.25) is 0 Å². The first kappa shape index (κ1) is 22.6. The van der Waals surface area contributed by atoms with Crippen molar-refractivity contribution >= 4 is 6.09 Å². The normalized spacial score (nSPS) is 20.0. The highest BCUT2D eigenvalue weighted by atomic mass is 16.5. The number of hydrogen-bond donors (Lipinski definition) is 2. The number of carbonyl (C=O) groups is 1. The van der Waals surface area contributed by atoms with Gasteiger partial charge in [0.05, 0.1) is 12.7 Å². The van der Waals surface area contributed by atoms with Crippen LogP contribution in [0.5, 0.6) is 5.75 Å². The Balaban J connectivity index is 1.61. The molecule has 4 rings (SSSR count). The first-order chi connectivity index (χ1) is 15.5. The van der Waals surface area contributed by atoms with Crippen LogP contribution in [0.25, 0.3) is 11.1 Å². The topological polar surface area (TPSA) is 73.2 Å². The van der Waals surface area contributed by atoms with Crippen molar-refractivity contribution in [1.82, 2.24) is 9.80 Å². The molecule has 0 radical (unpaired) electrons. The van der Waals surface area contributed by atoms with E-state index < -0.39 is 11.7 Å². The third-order valence-corrected chi connectivity index (χ3v) is 7.14. The molecule has 32 heavy (non-hydrogen) atoms. The Kier molecular flexibility index (Phi) is 7.01. The first-order valence-corrected chi connectivity index (χ1v) is 11.7. The fraction of sp³-hybridized carbons (Fsp3) is 0.500. The number of amides is 1. The van der Waals surface area contributed by atoms with Crippen LogP contribution in [-0.2, 0) is 0 Å². The van der Waals surface area contributed by atoms with Crippen LogP contribution in [0.2, 0.25) is 0 Å². The summed E-state index contributed by atoms with van der Waals surface area (Å²) in [5, 5.41) is 21.0. The summed E-state index contributed by atoms with van der Waals surface area (Å²) in [4.78, 5) is 15.1. The van der Waals surface area contributed by atoms with E-state index in [9.17, 15) is 15.0 Å². The fourth-order valence-corrected chi connectivity index (χ4v) is 5.22. The van der Waals surface area contributed by atoms with Crippen molar-refractivity contribution in [2.24, 2.45) is 0 Å². The molecule has 6 nitrogen and oxygen atoms in total. The van der Waals surface area contributed by atoms with Crippen LogP contribution in [-0.4, -0.2) is 71.5 Å². The molecule has 1 aliphatic carbocycles. The smallest absolute Gasteiger partial charge is 0.407 e. The maximum Gasteiger partial charge on any atom is 0.407 e. The Bertz CT molecular complexity index is 918. The van der Waals surface area contributed by atoms with E-state index in [1.54, 1.807) is 7.11 Å². The number of hydrogen-bond acceptors (Lipinski definition) is 4. The van der Waals surface area contributed by atoms with Gasteiger partial charge in [0.15, 0.2) is 0 Å². The third kappa shape index (κ3) is 5.08. The highest BCUT2D eigenvalue weighted by Crippen LogP contribution is 2.41. The lowest BCUT2D eigenvalue weighted by Crippen LogP contribution is -2.51. The highest BCUT2D eigenvalue weighted by Gasteiger charge is 2.40. The van der Waals surface area contributed by atoms with E-state index in [-0.39, 0.29) is 5.92 Å². The molecule has 2 aromatic carbocycles. The van der Waals surface area contributed by atoms with Gasteiger partial charge in [-0.25, -0.2) is 4.79 Å². The largest absolute Gasteiger partial charge is 0.497 e. The van der Waals surface area contributed by atoms with Crippen molar-refractivity contribution in [3.8, 4) is 16.9 Å². The van der Waals surface area contributed by atoms with Gasteiger partial charge in [-0.15, -0.1) is 0 Å². The molecule has 2 N–H and O–H groups in total. The van der Waals surface area contributed by atoms with Crippen molar-refractivity contribution in [1.29, 1.82) is 0 Å². The van der Waals surface area contributed by atoms with Crippen molar-refractivity contribution < 1.29 is 19.7 Å². The third-order valence-electron chi connectivity index (χ3n) is 7.14. The molecule has 1 heterocycles. The second-order valence-electron chi connectivity index (χ2n) is 9.14. The molecule has 2 aliphatic rings. The first-order valence-electron chi connectivity index (χ1n) is 11.7. The molecular weight excluding hydrogens is 404 g/mol. The van der Waals surface area contributed by atoms with E-state index in [1.807, 2.05) is 18.2 Å². The molecule has 0 bridgehead atoms. The molecule has 172 valence electrons. The van der Waals surface area contributed by atoms with Gasteiger partial charge in [0.25, 0.3) is 0 Å². The minimum absolute atomic E-state index is 0.00950. The molecule has 1 atom stereocenters. The van der Waals surface area contributed by atoms with Crippen LogP contribution in [0.4, 0.5) is 4.79 Å². The zero-order valence-electron chi connectivity index (χ0n) is 18.9. The number of ether oxygens (including phenoxy) is 1. The summed E-state index contributed by atoms with van der Waals surface area (Å²) in [6.45, 7) is 3.18. The van der Waals surface area contributed by atoms with Crippen LogP contribution in [0, 0.1) is 0 Å². The molecule has 6 heteroatoms. The Morgan fingerprint density at radius 2 is 1.66 bits per heavy atom. The van der Waals surface area contributed by atoms with Gasteiger partial charge in [0.1, 0.15) is 5.75 Å². The molecule has 1 saturated carbocycles. The predicted octanol–water partition coefficient (Wildman–Crippen LogP) is 4.44. The lowest BCUT2D eigenvalue weighted by atomic mass is 9.72. The maximum atomic E-state index is 11.7. The monoisotopic (exact) mass is 438 g/mol. The molecule has 1 unspecified atom stereocenters. The Hall–Kier alpha value is -2.57. The van der Waals surface area contributed by atoms with Gasteiger partial charge >= 0.3 is 6.09 Å². The standard InChI is InChI=1S/C26H34N2O4/c1-32-23-10-6-8-21(18-23)20-7-5-9-22(17-20)24(26(31)11-3-2-4-12-26)19-27-13-15-28(16-14-27)25(29)30/h5-10,17-18,24,31H,2-4,11-16,19H2,1H3,(H,29,30). The fourth-order valence-electron chi connectivity index (χ4n) is 5.22. The van der Waals surface area contributed by atoms with Gasteiger partial charge in [-0.1, -0.05) is 55.7 Å². The van der Waals surface area contributed by atoms with E-state index in [2.05, 4.69) is 35.2 Å². The molecule has 2 fully saturated rings. The zero-order chi connectivity index (χ0) is 22.6. The number of aliphatic hydroxyl groups is 1. The summed E-state index contributed by atoms with van der Waals surface area (Å²) in [6, 6.07) is 16.6. The minimum atomic E-state index is -0.849. The van der Waals surface area contributed by atoms with Gasteiger partial charge < -0.3 is 19.8 Å². The summed E-state index contributed by atoms with van der Waals surface area (Å²) in [5.41, 5.74) is 2.63. The van der Waals surface area contributed by atoms with Crippen LogP contribution < -0.4 is 4.74 Å². The van der Waals surface area contributed by atoms with E-state index in [4.69, 9.17) is 4.74 Å². The van der Waals surface area contributed by atoms with Crippen molar-refractivity contribution in [3.05, 3.63) is 54.1 Å². The highest BCUT2D eigenvalue weighted by molar-refractivity contribution is 5.66. The molecule has 0 spiro atoms. The number of methoxy groups -OCH3 is 1. The number of piperazine rings is 1. The van der Waals surface area contributed by atoms with Gasteiger partial charge in [-0.2, -0.15) is 0 Å². The van der Waals surface area contributed by atoms with E-state index in [1.165, 1.54) is 11.3 Å². The summed E-state index contributed by atoms with van der Waals surface area (Å²) in [5.74, 6) is 0.816. The van der Waals surface area contributed by atoms with Gasteiger partial charge in [-0.3, -0.25) is 4.90 Å². The number of benzene rings is 2. The summed E-state index contributed by atoms with van der Waals surface area (Å²) in [7, 11) is 1.67. The Morgan fingerprint density at radius 1 is 1.00 bits per heavy atom. The average Bonchev–Trinajstić information content (AvgIpc) is 2.83. The molecule has 1 amide bonds. The lowest BCUT2D eigenvalue weighted by molar-refractivity contribution is -0.0338. The van der Waals surface area contributed by atoms with Crippen LogP contribution in [0.1, 0.15) is 43.6 Å². The molecular formula is C26H34N2O4. The lowest BCUT2D eigenvalue weighted by Gasteiger charge is -2.43. The average molecular weight is 439 g/mol. The summed E-state index contributed by atoms with van der Waals surface area (Å²) < 4.78 is 5.40. The summed E-state index contributed by atoms with van der Waals surface area (Å²) in [6.07, 6.45) is 4.06.